The van der Waals surface area contributed by atoms with E-state index in [9.17, 15) is 9.59 Å². The normalized spacial score (nSPS) is 15.2. The van der Waals surface area contributed by atoms with Gasteiger partial charge < -0.3 is 10.6 Å². The molecule has 1 aromatic carbocycles. The summed E-state index contributed by atoms with van der Waals surface area (Å²) in [5.41, 5.74) is 0.544. The van der Waals surface area contributed by atoms with Crippen LogP contribution in [0, 0.1) is 0 Å². The van der Waals surface area contributed by atoms with Crippen LogP contribution < -0.4 is 10.6 Å². The summed E-state index contributed by atoms with van der Waals surface area (Å²) in [7, 11) is 0. The van der Waals surface area contributed by atoms with Gasteiger partial charge in [-0.15, -0.1) is 0 Å². The van der Waals surface area contributed by atoms with Gasteiger partial charge in [0.25, 0.3) is 5.91 Å². The molecule has 0 aromatic heterocycles. The van der Waals surface area contributed by atoms with Crippen molar-refractivity contribution in [2.24, 2.45) is 0 Å². The van der Waals surface area contributed by atoms with Crippen molar-refractivity contribution in [2.75, 3.05) is 6.54 Å². The molecule has 2 amide bonds. The molecule has 0 aliphatic heterocycles. The molecule has 0 unspecified atom stereocenters. The molecule has 0 saturated heterocycles. The molecule has 0 radical (unpaired) electrons. The van der Waals surface area contributed by atoms with Gasteiger partial charge in [-0.05, 0) is 31.0 Å². The molecular weight excluding hydrogens is 308 g/mol. The summed E-state index contributed by atoms with van der Waals surface area (Å²) in [4.78, 5) is 23.5. The van der Waals surface area contributed by atoms with Gasteiger partial charge in [0.05, 0.1) is 6.54 Å². The molecule has 1 fully saturated rings. The minimum atomic E-state index is -0.233. The predicted octanol–water partition coefficient (Wildman–Crippen LogP) is 2.24. The topological polar surface area (TPSA) is 58.2 Å². The minimum Gasteiger partial charge on any atom is -0.352 e. The highest BCUT2D eigenvalue weighted by Gasteiger charge is 2.17. The average molecular weight is 325 g/mol. The van der Waals surface area contributed by atoms with Crippen molar-refractivity contribution in [3.05, 3.63) is 34.3 Å². The number of nitrogens with one attached hydrogen (secondary N) is 2. The zero-order valence-corrected chi connectivity index (χ0v) is 12.2. The molecule has 19 heavy (non-hydrogen) atoms. The molecule has 0 bridgehead atoms. The van der Waals surface area contributed by atoms with Crippen molar-refractivity contribution in [3.63, 3.8) is 0 Å². The molecule has 1 saturated carbocycles. The lowest BCUT2D eigenvalue weighted by Gasteiger charge is -2.12. The lowest BCUT2D eigenvalue weighted by molar-refractivity contribution is -0.120. The molecule has 102 valence electrons. The largest absolute Gasteiger partial charge is 0.352 e. The third-order valence-electron chi connectivity index (χ3n) is 3.22. The van der Waals surface area contributed by atoms with E-state index < -0.39 is 0 Å². The van der Waals surface area contributed by atoms with Crippen LogP contribution in [0.2, 0.25) is 0 Å². The first-order valence-electron chi connectivity index (χ1n) is 6.48. The highest BCUT2D eigenvalue weighted by Crippen LogP contribution is 2.17. The van der Waals surface area contributed by atoms with Gasteiger partial charge in [-0.25, -0.2) is 0 Å². The van der Waals surface area contributed by atoms with Gasteiger partial charge in [0.15, 0.2) is 0 Å². The van der Waals surface area contributed by atoms with Crippen LogP contribution in [0.15, 0.2) is 28.7 Å². The van der Waals surface area contributed by atoms with E-state index in [-0.39, 0.29) is 24.4 Å². The number of carbonyl (C=O) groups excluding carboxylic acids is 2. The van der Waals surface area contributed by atoms with Crippen molar-refractivity contribution >= 4 is 27.7 Å². The molecule has 4 nitrogen and oxygen atoms in total. The lowest BCUT2D eigenvalue weighted by Crippen LogP contribution is -2.40. The number of amides is 2. The maximum atomic E-state index is 11.8. The average Bonchev–Trinajstić information content (AvgIpc) is 2.88. The Morgan fingerprint density at radius 1 is 1.26 bits per heavy atom. The number of rotatable bonds is 4. The summed E-state index contributed by atoms with van der Waals surface area (Å²) < 4.78 is 0.843. The van der Waals surface area contributed by atoms with E-state index in [0.717, 1.165) is 17.3 Å². The van der Waals surface area contributed by atoms with E-state index in [2.05, 4.69) is 26.6 Å². The Morgan fingerprint density at radius 3 is 2.68 bits per heavy atom. The molecule has 1 aliphatic carbocycles. The molecule has 1 aliphatic rings. The summed E-state index contributed by atoms with van der Waals surface area (Å²) in [5.74, 6) is -0.349. The first kappa shape index (κ1) is 14.1. The van der Waals surface area contributed by atoms with E-state index >= 15 is 0 Å². The first-order valence-corrected chi connectivity index (χ1v) is 7.27. The maximum absolute atomic E-state index is 11.8. The zero-order valence-electron chi connectivity index (χ0n) is 10.6. The van der Waals surface area contributed by atoms with Crippen LogP contribution in [0.5, 0.6) is 0 Å². The predicted molar refractivity (Wildman–Crippen MR) is 76.9 cm³/mol. The van der Waals surface area contributed by atoms with Crippen LogP contribution in [-0.4, -0.2) is 24.4 Å². The smallest absolute Gasteiger partial charge is 0.251 e. The Labute approximate surface area is 121 Å². The highest BCUT2D eigenvalue weighted by atomic mass is 79.9. The van der Waals surface area contributed by atoms with Crippen molar-refractivity contribution < 1.29 is 9.59 Å². The van der Waals surface area contributed by atoms with Gasteiger partial charge >= 0.3 is 0 Å². The number of hydrogen-bond donors (Lipinski definition) is 2. The second-order valence-corrected chi connectivity index (χ2v) is 5.66. The van der Waals surface area contributed by atoms with Crippen LogP contribution in [0.25, 0.3) is 0 Å². The number of benzene rings is 1. The number of carbonyl (C=O) groups is 2. The van der Waals surface area contributed by atoms with Gasteiger partial charge in [-0.1, -0.05) is 34.8 Å². The monoisotopic (exact) mass is 324 g/mol. The standard InChI is InChI=1S/C14H17BrN2O2/c15-11-5-3-4-10(8-11)14(19)16-9-13(18)17-12-6-1-2-7-12/h3-5,8,12H,1-2,6-7,9H2,(H,16,19)(H,17,18). The fraction of sp³-hybridized carbons (Fsp3) is 0.429. The molecule has 0 spiro atoms. The molecule has 0 heterocycles. The third kappa shape index (κ3) is 4.35. The molecule has 0 atom stereocenters. The SMILES string of the molecule is O=C(CNC(=O)c1cccc(Br)c1)NC1CCCC1. The summed E-state index contributed by atoms with van der Waals surface area (Å²) >= 11 is 3.31. The Hall–Kier alpha value is -1.36. The van der Waals surface area contributed by atoms with Crippen LogP contribution >= 0.6 is 15.9 Å². The van der Waals surface area contributed by atoms with Crippen LogP contribution in [0.3, 0.4) is 0 Å². The van der Waals surface area contributed by atoms with E-state index in [1.54, 1.807) is 18.2 Å². The van der Waals surface area contributed by atoms with E-state index in [1.165, 1.54) is 12.8 Å². The summed E-state index contributed by atoms with van der Waals surface area (Å²) in [5, 5.41) is 5.56. The molecule has 5 heteroatoms. The maximum Gasteiger partial charge on any atom is 0.251 e. The fourth-order valence-electron chi connectivity index (χ4n) is 2.24. The van der Waals surface area contributed by atoms with E-state index in [4.69, 9.17) is 0 Å². The molecule has 2 N–H and O–H groups in total. The minimum absolute atomic E-state index is 0.0296. The summed E-state index contributed by atoms with van der Waals surface area (Å²) in [6.07, 6.45) is 4.45. The van der Waals surface area contributed by atoms with E-state index in [1.807, 2.05) is 6.07 Å². The van der Waals surface area contributed by atoms with Crippen molar-refractivity contribution in [1.29, 1.82) is 0 Å². The number of halogens is 1. The Balaban J connectivity index is 1.78. The first-order chi connectivity index (χ1) is 9.15. The zero-order chi connectivity index (χ0) is 13.7. The Kier molecular flexibility index (Phi) is 4.96. The Morgan fingerprint density at radius 2 is 2.00 bits per heavy atom. The van der Waals surface area contributed by atoms with Crippen LogP contribution in [-0.2, 0) is 4.79 Å². The fourth-order valence-corrected chi connectivity index (χ4v) is 2.64. The number of hydrogen-bond acceptors (Lipinski definition) is 2. The molecule has 2 rings (SSSR count). The highest BCUT2D eigenvalue weighted by molar-refractivity contribution is 9.10. The lowest BCUT2D eigenvalue weighted by atomic mass is 10.2. The van der Waals surface area contributed by atoms with Gasteiger partial charge in [-0.3, -0.25) is 9.59 Å². The van der Waals surface area contributed by atoms with E-state index in [0.29, 0.717) is 5.56 Å². The van der Waals surface area contributed by atoms with Gasteiger partial charge in [0.2, 0.25) is 5.91 Å². The van der Waals surface area contributed by atoms with Gasteiger partial charge in [0, 0.05) is 16.1 Å². The van der Waals surface area contributed by atoms with Crippen molar-refractivity contribution in [3.8, 4) is 0 Å². The van der Waals surface area contributed by atoms with Crippen molar-refractivity contribution in [2.45, 2.75) is 31.7 Å². The second kappa shape index (κ2) is 6.70. The second-order valence-electron chi connectivity index (χ2n) is 4.74. The summed E-state index contributed by atoms with van der Waals surface area (Å²) in [6, 6.07) is 7.37. The van der Waals surface area contributed by atoms with Crippen molar-refractivity contribution in [1.82, 2.24) is 10.6 Å². The van der Waals surface area contributed by atoms with Crippen LogP contribution in [0.1, 0.15) is 36.0 Å². The van der Waals surface area contributed by atoms with Crippen LogP contribution in [0.4, 0.5) is 0 Å². The van der Waals surface area contributed by atoms with Gasteiger partial charge in [-0.2, -0.15) is 0 Å². The third-order valence-corrected chi connectivity index (χ3v) is 3.71. The quantitative estimate of drug-likeness (QED) is 0.892. The molecular formula is C14H17BrN2O2. The Bertz CT molecular complexity index is 470. The molecule has 1 aromatic rings. The summed E-state index contributed by atoms with van der Waals surface area (Å²) in [6.45, 7) is 0.0296. The van der Waals surface area contributed by atoms with Gasteiger partial charge in [0.1, 0.15) is 0 Å².